The van der Waals surface area contributed by atoms with Gasteiger partial charge in [0.05, 0.1) is 11.4 Å². The van der Waals surface area contributed by atoms with Crippen molar-refractivity contribution < 1.29 is 14.4 Å². The predicted octanol–water partition coefficient (Wildman–Crippen LogP) is 5.21. The van der Waals surface area contributed by atoms with Gasteiger partial charge in [0, 0.05) is 105 Å². The van der Waals surface area contributed by atoms with E-state index in [4.69, 9.17) is 4.98 Å². The third-order valence-electron chi connectivity index (χ3n) is 10.5. The van der Waals surface area contributed by atoms with Crippen LogP contribution in [0.1, 0.15) is 48.5 Å². The number of piperidine rings is 2. The Morgan fingerprint density at radius 3 is 2.02 bits per heavy atom. The Kier molecular flexibility index (Phi) is 8.82. The highest BCUT2D eigenvalue weighted by molar-refractivity contribution is 5.97. The van der Waals surface area contributed by atoms with Crippen molar-refractivity contribution in [2.45, 2.75) is 45.6 Å². The molecule has 1 N–H and O–H groups in total. The van der Waals surface area contributed by atoms with Crippen molar-refractivity contribution in [3.63, 3.8) is 0 Å². The maximum absolute atomic E-state index is 14.0. The summed E-state index contributed by atoms with van der Waals surface area (Å²) in [7, 11) is 0. The van der Waals surface area contributed by atoms with Gasteiger partial charge in [0.2, 0.25) is 11.8 Å². The highest BCUT2D eigenvalue weighted by atomic mass is 16.2. The molecule has 9 heteroatoms. The number of nitrogens with zero attached hydrogens (tertiary/aromatic N) is 5. The van der Waals surface area contributed by atoms with Crippen molar-refractivity contribution in [1.29, 1.82) is 0 Å². The summed E-state index contributed by atoms with van der Waals surface area (Å²) in [5.41, 5.74) is 6.47. The summed E-state index contributed by atoms with van der Waals surface area (Å²) in [4.78, 5) is 55.6. The fourth-order valence-electron chi connectivity index (χ4n) is 7.51. The molecule has 3 aliphatic heterocycles. The Bertz CT molecular complexity index is 1760. The number of hydrogen-bond donors (Lipinski definition) is 1. The van der Waals surface area contributed by atoms with E-state index in [1.54, 1.807) is 6.92 Å². The van der Waals surface area contributed by atoms with E-state index in [-0.39, 0.29) is 23.6 Å². The second kappa shape index (κ2) is 13.3. The lowest BCUT2D eigenvalue weighted by Crippen LogP contribution is -2.55. The van der Waals surface area contributed by atoms with Crippen LogP contribution in [0.3, 0.4) is 0 Å². The first-order valence-electron chi connectivity index (χ1n) is 17.1. The molecule has 3 amide bonds. The Hall–Kier alpha value is -4.50. The van der Waals surface area contributed by atoms with Crippen LogP contribution in [0.4, 0.5) is 0 Å². The maximum Gasteiger partial charge on any atom is 0.254 e. The van der Waals surface area contributed by atoms with Crippen molar-refractivity contribution in [2.24, 2.45) is 5.92 Å². The van der Waals surface area contributed by atoms with E-state index in [1.165, 1.54) is 5.56 Å². The first-order chi connectivity index (χ1) is 22.8. The number of H-pyrrole nitrogens is 1. The van der Waals surface area contributed by atoms with Gasteiger partial charge < -0.3 is 19.7 Å². The van der Waals surface area contributed by atoms with Gasteiger partial charge in [0.25, 0.3) is 5.91 Å². The topological polar surface area (TPSA) is 92.9 Å². The number of nitrogens with one attached hydrogen (secondary N) is 1. The average Bonchev–Trinajstić information content (AvgIpc) is 3.60. The third-order valence-corrected chi connectivity index (χ3v) is 10.5. The smallest absolute Gasteiger partial charge is 0.254 e. The van der Waals surface area contributed by atoms with Gasteiger partial charge in [0.1, 0.15) is 0 Å². The van der Waals surface area contributed by atoms with Gasteiger partial charge in [-0.25, -0.2) is 4.98 Å². The van der Waals surface area contributed by atoms with Crippen LogP contribution in [0.2, 0.25) is 0 Å². The zero-order valence-corrected chi connectivity index (χ0v) is 27.5. The van der Waals surface area contributed by atoms with Gasteiger partial charge in [-0.1, -0.05) is 35.9 Å². The fourth-order valence-corrected chi connectivity index (χ4v) is 7.51. The summed E-state index contributed by atoms with van der Waals surface area (Å²) in [6.07, 6.45) is 5.39. The quantitative estimate of drug-likeness (QED) is 0.326. The number of carbonyl (C=O) groups excluding carboxylic acids is 3. The summed E-state index contributed by atoms with van der Waals surface area (Å²) < 4.78 is 0. The first-order valence-corrected chi connectivity index (χ1v) is 17.1. The highest BCUT2D eigenvalue weighted by Gasteiger charge is 2.34. The lowest BCUT2D eigenvalue weighted by Gasteiger charge is -2.43. The molecular weight excluding hydrogens is 588 g/mol. The Morgan fingerprint density at radius 1 is 0.702 bits per heavy atom. The number of rotatable bonds is 5. The molecule has 2 aromatic heterocycles. The Balaban J connectivity index is 0.996. The molecule has 0 radical (unpaired) electrons. The molecule has 5 heterocycles. The van der Waals surface area contributed by atoms with Crippen molar-refractivity contribution in [3.05, 3.63) is 78.0 Å². The molecule has 3 fully saturated rings. The molecule has 9 nitrogen and oxygen atoms in total. The number of aryl methyl sites for hydroxylation is 1. The molecule has 7 rings (SSSR count). The summed E-state index contributed by atoms with van der Waals surface area (Å²) >= 11 is 0. The van der Waals surface area contributed by atoms with Gasteiger partial charge in [0.15, 0.2) is 0 Å². The van der Waals surface area contributed by atoms with E-state index in [0.717, 1.165) is 85.3 Å². The van der Waals surface area contributed by atoms with E-state index in [0.29, 0.717) is 37.8 Å². The zero-order chi connectivity index (χ0) is 32.5. The number of benzene rings is 2. The molecule has 3 aliphatic rings. The number of aromatic nitrogens is 2. The van der Waals surface area contributed by atoms with Crippen LogP contribution in [-0.2, 0) is 9.59 Å². The first kappa shape index (κ1) is 31.1. The molecular formula is C38H44N6O3. The van der Waals surface area contributed by atoms with Crippen molar-refractivity contribution >= 4 is 28.6 Å². The molecule has 0 atom stereocenters. The van der Waals surface area contributed by atoms with E-state index < -0.39 is 0 Å². The van der Waals surface area contributed by atoms with Gasteiger partial charge in [-0.15, -0.1) is 0 Å². The van der Waals surface area contributed by atoms with Crippen LogP contribution in [-0.4, -0.2) is 106 Å². The van der Waals surface area contributed by atoms with Gasteiger partial charge >= 0.3 is 0 Å². The minimum atomic E-state index is 0.0356. The van der Waals surface area contributed by atoms with E-state index in [9.17, 15) is 14.4 Å². The SMILES string of the molecule is CC(=O)N1CCC(C(=O)N2CCC(N3CCN(C(=O)c4cc(-c5ccc(C)cc5)nc(-c5ccc6[nH]ccc6c5)c4)CC3)CC2)CC1. The molecule has 0 saturated carbocycles. The summed E-state index contributed by atoms with van der Waals surface area (Å²) in [6.45, 7) is 9.63. The predicted molar refractivity (Wildman–Crippen MR) is 184 cm³/mol. The number of carbonyl (C=O) groups is 3. The van der Waals surface area contributed by atoms with Crippen LogP contribution in [0.5, 0.6) is 0 Å². The number of fused-ring (bicyclic) bond motifs is 1. The van der Waals surface area contributed by atoms with Crippen LogP contribution in [0, 0.1) is 12.8 Å². The van der Waals surface area contributed by atoms with E-state index in [1.807, 2.05) is 33.0 Å². The molecule has 2 aromatic carbocycles. The molecule has 244 valence electrons. The van der Waals surface area contributed by atoms with Crippen LogP contribution in [0.25, 0.3) is 33.4 Å². The summed E-state index contributed by atoms with van der Waals surface area (Å²) in [5, 5.41) is 1.11. The summed E-state index contributed by atoms with van der Waals surface area (Å²) in [6, 6.07) is 20.9. The van der Waals surface area contributed by atoms with Crippen LogP contribution in [0.15, 0.2) is 66.9 Å². The van der Waals surface area contributed by atoms with Gasteiger partial charge in [-0.3, -0.25) is 19.3 Å². The lowest BCUT2D eigenvalue weighted by molar-refractivity contribution is -0.141. The zero-order valence-electron chi connectivity index (χ0n) is 27.5. The third kappa shape index (κ3) is 6.67. The lowest BCUT2D eigenvalue weighted by atomic mass is 9.93. The second-order valence-corrected chi connectivity index (χ2v) is 13.4. The number of amides is 3. The van der Waals surface area contributed by atoms with Gasteiger partial charge in [-0.2, -0.15) is 0 Å². The highest BCUT2D eigenvalue weighted by Crippen LogP contribution is 2.29. The van der Waals surface area contributed by atoms with E-state index in [2.05, 4.69) is 65.3 Å². The Labute approximate surface area is 276 Å². The molecule has 0 bridgehead atoms. The van der Waals surface area contributed by atoms with Crippen molar-refractivity contribution in [2.75, 3.05) is 52.4 Å². The number of aromatic amines is 1. The van der Waals surface area contributed by atoms with Gasteiger partial charge in [-0.05, 0) is 62.9 Å². The fraction of sp³-hybridized carbons (Fsp3) is 0.421. The summed E-state index contributed by atoms with van der Waals surface area (Å²) in [5.74, 6) is 0.438. The molecule has 0 spiro atoms. The molecule has 47 heavy (non-hydrogen) atoms. The number of likely N-dealkylation sites (tertiary alicyclic amines) is 2. The monoisotopic (exact) mass is 632 g/mol. The minimum Gasteiger partial charge on any atom is -0.361 e. The molecule has 3 saturated heterocycles. The maximum atomic E-state index is 14.0. The largest absolute Gasteiger partial charge is 0.361 e. The average molecular weight is 633 g/mol. The Morgan fingerprint density at radius 2 is 1.34 bits per heavy atom. The molecule has 4 aromatic rings. The van der Waals surface area contributed by atoms with Crippen LogP contribution < -0.4 is 0 Å². The standard InChI is InChI=1S/C38H44N6O3/c1-26-3-5-28(6-4-26)35-24-32(25-36(40-35)30-7-8-34-31(23-30)9-14-39-34)38(47)44-21-19-42(20-22-44)33-12-17-43(18-13-33)37(46)29-10-15-41(16-11-29)27(2)45/h3-9,14,23-25,29,33,39H,10-13,15-22H2,1-2H3. The van der Waals surface area contributed by atoms with E-state index >= 15 is 0 Å². The van der Waals surface area contributed by atoms with Crippen molar-refractivity contribution in [1.82, 2.24) is 29.6 Å². The molecule has 0 aliphatic carbocycles. The number of piperazine rings is 1. The second-order valence-electron chi connectivity index (χ2n) is 13.4. The number of hydrogen-bond acceptors (Lipinski definition) is 5. The van der Waals surface area contributed by atoms with Crippen LogP contribution >= 0.6 is 0 Å². The normalized spacial score (nSPS) is 18.6. The number of pyridine rings is 1. The van der Waals surface area contributed by atoms with Crippen molar-refractivity contribution in [3.8, 4) is 22.5 Å². The minimum absolute atomic E-state index is 0.0356. The molecule has 0 unspecified atom stereocenters.